The summed E-state index contributed by atoms with van der Waals surface area (Å²) in [6, 6.07) is 7.65. The van der Waals surface area contributed by atoms with Crippen LogP contribution in [0.4, 0.5) is 5.69 Å². The largest absolute Gasteiger partial charge is 0.465 e. The second-order valence-corrected chi connectivity index (χ2v) is 5.59. The molecule has 1 fully saturated rings. The van der Waals surface area contributed by atoms with Crippen LogP contribution in [0, 0.1) is 0 Å². The molecule has 0 atom stereocenters. The third kappa shape index (κ3) is 3.47. The van der Waals surface area contributed by atoms with E-state index in [9.17, 15) is 4.79 Å². The van der Waals surface area contributed by atoms with Crippen LogP contribution in [-0.4, -0.2) is 38.3 Å². The lowest BCUT2D eigenvalue weighted by molar-refractivity contribution is 0.0601. The minimum atomic E-state index is -0.282. The van der Waals surface area contributed by atoms with Gasteiger partial charge in [0.15, 0.2) is 0 Å². The SMILES string of the molecule is COC(=O)c1cccc(N2CCNC(C)(C)CC2)c1. The standard InChI is InChI=1S/C15H22N2O2/c1-15(2)7-9-17(10-8-16-15)13-6-4-5-12(11-13)14(18)19-3/h4-6,11,16H,7-10H2,1-3H3. The summed E-state index contributed by atoms with van der Waals surface area (Å²) in [6.07, 6.45) is 1.08. The van der Waals surface area contributed by atoms with Crippen molar-refractivity contribution < 1.29 is 9.53 Å². The number of carbonyl (C=O) groups is 1. The monoisotopic (exact) mass is 262 g/mol. The van der Waals surface area contributed by atoms with Gasteiger partial charge in [0.2, 0.25) is 0 Å². The Labute approximate surface area is 114 Å². The van der Waals surface area contributed by atoms with Gasteiger partial charge in [0.1, 0.15) is 0 Å². The molecule has 0 aliphatic carbocycles. The van der Waals surface area contributed by atoms with Crippen molar-refractivity contribution in [2.75, 3.05) is 31.6 Å². The van der Waals surface area contributed by atoms with Crippen LogP contribution in [0.1, 0.15) is 30.6 Å². The van der Waals surface area contributed by atoms with E-state index in [1.165, 1.54) is 7.11 Å². The second-order valence-electron chi connectivity index (χ2n) is 5.59. The highest BCUT2D eigenvalue weighted by Gasteiger charge is 2.22. The van der Waals surface area contributed by atoms with Crippen LogP contribution in [0.15, 0.2) is 24.3 Å². The van der Waals surface area contributed by atoms with Crippen molar-refractivity contribution >= 4 is 11.7 Å². The fourth-order valence-corrected chi connectivity index (χ4v) is 2.35. The van der Waals surface area contributed by atoms with Crippen molar-refractivity contribution in [1.29, 1.82) is 0 Å². The van der Waals surface area contributed by atoms with E-state index in [2.05, 4.69) is 24.1 Å². The molecule has 2 rings (SSSR count). The Morgan fingerprint density at radius 1 is 1.37 bits per heavy atom. The van der Waals surface area contributed by atoms with Crippen LogP contribution < -0.4 is 10.2 Å². The lowest BCUT2D eigenvalue weighted by Gasteiger charge is -2.25. The van der Waals surface area contributed by atoms with Crippen LogP contribution in [0.5, 0.6) is 0 Å². The van der Waals surface area contributed by atoms with Gasteiger partial charge in [-0.05, 0) is 38.5 Å². The van der Waals surface area contributed by atoms with E-state index < -0.39 is 0 Å². The average Bonchev–Trinajstić information content (AvgIpc) is 2.59. The third-order valence-corrected chi connectivity index (χ3v) is 3.62. The van der Waals surface area contributed by atoms with Crippen LogP contribution in [0.3, 0.4) is 0 Å². The molecule has 4 heteroatoms. The van der Waals surface area contributed by atoms with Crippen molar-refractivity contribution in [2.24, 2.45) is 0 Å². The lowest BCUT2D eigenvalue weighted by Crippen LogP contribution is -2.39. The van der Waals surface area contributed by atoms with Gasteiger partial charge in [0, 0.05) is 30.9 Å². The summed E-state index contributed by atoms with van der Waals surface area (Å²) in [7, 11) is 1.41. The summed E-state index contributed by atoms with van der Waals surface area (Å²) < 4.78 is 4.77. The number of rotatable bonds is 2. The topological polar surface area (TPSA) is 41.6 Å². The van der Waals surface area contributed by atoms with Gasteiger partial charge in [-0.2, -0.15) is 0 Å². The highest BCUT2D eigenvalue weighted by molar-refractivity contribution is 5.90. The van der Waals surface area contributed by atoms with Crippen LogP contribution in [0.25, 0.3) is 0 Å². The number of benzene rings is 1. The van der Waals surface area contributed by atoms with Crippen molar-refractivity contribution in [1.82, 2.24) is 5.32 Å². The van der Waals surface area contributed by atoms with Crippen LogP contribution >= 0.6 is 0 Å². The first-order valence-electron chi connectivity index (χ1n) is 6.70. The summed E-state index contributed by atoms with van der Waals surface area (Å²) in [6.45, 7) is 7.34. The maximum atomic E-state index is 11.6. The summed E-state index contributed by atoms with van der Waals surface area (Å²) in [5.41, 5.74) is 1.87. The normalized spacial score (nSPS) is 18.8. The maximum Gasteiger partial charge on any atom is 0.337 e. The molecule has 1 heterocycles. The quantitative estimate of drug-likeness (QED) is 0.828. The van der Waals surface area contributed by atoms with Crippen molar-refractivity contribution in [3.8, 4) is 0 Å². The second kappa shape index (κ2) is 5.61. The molecule has 0 bridgehead atoms. The summed E-state index contributed by atoms with van der Waals surface area (Å²) in [5, 5.41) is 3.54. The van der Waals surface area contributed by atoms with E-state index in [1.54, 1.807) is 6.07 Å². The van der Waals surface area contributed by atoms with Crippen molar-refractivity contribution in [2.45, 2.75) is 25.8 Å². The molecule has 0 saturated carbocycles. The van der Waals surface area contributed by atoms with Gasteiger partial charge in [-0.15, -0.1) is 0 Å². The zero-order valence-corrected chi connectivity index (χ0v) is 11.9. The van der Waals surface area contributed by atoms with Crippen LogP contribution in [-0.2, 0) is 4.74 Å². The van der Waals surface area contributed by atoms with Gasteiger partial charge in [-0.1, -0.05) is 6.07 Å². The van der Waals surface area contributed by atoms with E-state index >= 15 is 0 Å². The molecule has 19 heavy (non-hydrogen) atoms. The van der Waals surface area contributed by atoms with E-state index in [4.69, 9.17) is 4.74 Å². The van der Waals surface area contributed by atoms with Gasteiger partial charge < -0.3 is 15.0 Å². The van der Waals surface area contributed by atoms with E-state index in [0.717, 1.165) is 31.7 Å². The summed E-state index contributed by atoms with van der Waals surface area (Å²) >= 11 is 0. The van der Waals surface area contributed by atoms with Crippen LogP contribution in [0.2, 0.25) is 0 Å². The molecule has 0 aromatic heterocycles. The smallest absolute Gasteiger partial charge is 0.337 e. The molecule has 1 aromatic rings. The van der Waals surface area contributed by atoms with Gasteiger partial charge >= 0.3 is 5.97 Å². The molecule has 0 unspecified atom stereocenters. The van der Waals surface area contributed by atoms with E-state index in [-0.39, 0.29) is 11.5 Å². The number of hydrogen-bond acceptors (Lipinski definition) is 4. The first kappa shape index (κ1) is 13.9. The number of carbonyl (C=O) groups excluding carboxylic acids is 1. The molecule has 1 aromatic carbocycles. The molecule has 0 amide bonds. The van der Waals surface area contributed by atoms with E-state index in [0.29, 0.717) is 5.56 Å². The fourth-order valence-electron chi connectivity index (χ4n) is 2.35. The van der Waals surface area contributed by atoms with Gasteiger partial charge in [-0.3, -0.25) is 0 Å². The predicted molar refractivity (Wildman–Crippen MR) is 76.7 cm³/mol. The molecular weight excluding hydrogens is 240 g/mol. The van der Waals surface area contributed by atoms with Gasteiger partial charge in [-0.25, -0.2) is 4.79 Å². The van der Waals surface area contributed by atoms with Crippen molar-refractivity contribution in [3.05, 3.63) is 29.8 Å². The third-order valence-electron chi connectivity index (χ3n) is 3.62. The molecule has 104 valence electrons. The minimum Gasteiger partial charge on any atom is -0.465 e. The van der Waals surface area contributed by atoms with E-state index in [1.807, 2.05) is 18.2 Å². The first-order chi connectivity index (χ1) is 9.02. The molecule has 4 nitrogen and oxygen atoms in total. The number of nitrogens with zero attached hydrogens (tertiary/aromatic N) is 1. The van der Waals surface area contributed by atoms with Gasteiger partial charge in [0.05, 0.1) is 12.7 Å². The Balaban J connectivity index is 2.15. The minimum absolute atomic E-state index is 0.175. The molecule has 1 aliphatic heterocycles. The fraction of sp³-hybridized carbons (Fsp3) is 0.533. The Morgan fingerprint density at radius 3 is 2.89 bits per heavy atom. The first-order valence-corrected chi connectivity index (χ1v) is 6.70. The Kier molecular flexibility index (Phi) is 4.10. The molecule has 0 radical (unpaired) electrons. The number of ether oxygens (including phenoxy) is 1. The number of hydrogen-bond donors (Lipinski definition) is 1. The predicted octanol–water partition coefficient (Wildman–Crippen LogP) is 2.05. The highest BCUT2D eigenvalue weighted by atomic mass is 16.5. The van der Waals surface area contributed by atoms with Crippen molar-refractivity contribution in [3.63, 3.8) is 0 Å². The Hall–Kier alpha value is -1.55. The lowest BCUT2D eigenvalue weighted by atomic mass is 10.0. The zero-order valence-electron chi connectivity index (χ0n) is 11.9. The van der Waals surface area contributed by atoms with Gasteiger partial charge in [0.25, 0.3) is 0 Å². The molecule has 0 spiro atoms. The number of anilines is 1. The number of nitrogens with one attached hydrogen (secondary N) is 1. The number of esters is 1. The molecular formula is C15H22N2O2. The maximum absolute atomic E-state index is 11.6. The Bertz CT molecular complexity index is 457. The number of methoxy groups -OCH3 is 1. The summed E-state index contributed by atoms with van der Waals surface area (Å²) in [5.74, 6) is -0.282. The molecule has 1 N–H and O–H groups in total. The summed E-state index contributed by atoms with van der Waals surface area (Å²) in [4.78, 5) is 13.9. The molecule has 1 aliphatic rings. The average molecular weight is 262 g/mol. The Morgan fingerprint density at radius 2 is 2.16 bits per heavy atom. The zero-order chi connectivity index (χ0) is 13.9. The highest BCUT2D eigenvalue weighted by Crippen LogP contribution is 2.21. The molecule has 1 saturated heterocycles.